The number of thiophene rings is 1. The van der Waals surface area contributed by atoms with Gasteiger partial charge in [0, 0.05) is 26.1 Å². The monoisotopic (exact) mass is 370 g/mol. The van der Waals surface area contributed by atoms with Gasteiger partial charge in [-0.15, -0.1) is 23.7 Å². The lowest BCUT2D eigenvalue weighted by Crippen LogP contribution is -2.30. The minimum absolute atomic E-state index is 0. The molecule has 0 unspecified atom stereocenters. The van der Waals surface area contributed by atoms with Gasteiger partial charge >= 0.3 is 0 Å². The molecule has 0 bridgehead atoms. The van der Waals surface area contributed by atoms with E-state index in [1.54, 1.807) is 4.57 Å². The molecule has 0 saturated carbocycles. The number of aromatic nitrogens is 2. The van der Waals surface area contributed by atoms with E-state index >= 15 is 0 Å². The molecular weight excluding hydrogens is 348 g/mol. The summed E-state index contributed by atoms with van der Waals surface area (Å²) >= 11 is 1.33. The number of aryl methyl sites for hydroxylation is 2. The van der Waals surface area contributed by atoms with Crippen molar-refractivity contribution in [1.82, 2.24) is 20.2 Å². The highest BCUT2D eigenvalue weighted by molar-refractivity contribution is 7.20. The van der Waals surface area contributed by atoms with Crippen LogP contribution in [0, 0.1) is 6.92 Å². The molecule has 0 aliphatic carbocycles. The van der Waals surface area contributed by atoms with Gasteiger partial charge in [-0.3, -0.25) is 14.2 Å². The lowest BCUT2D eigenvalue weighted by Gasteiger charge is -2.08. The first-order valence-corrected chi connectivity index (χ1v) is 8.90. The molecule has 2 aromatic rings. The average Bonchev–Trinajstić information content (AvgIpc) is 2.71. The molecule has 3 rings (SSSR count). The molecule has 1 aliphatic rings. The number of halogens is 1. The van der Waals surface area contributed by atoms with E-state index in [0.717, 1.165) is 43.6 Å². The van der Waals surface area contributed by atoms with Crippen LogP contribution in [0.2, 0.25) is 0 Å². The molecule has 6 nitrogen and oxygen atoms in total. The number of nitrogens with zero attached hydrogens (tertiary/aromatic N) is 2. The van der Waals surface area contributed by atoms with E-state index in [1.165, 1.54) is 11.3 Å². The fourth-order valence-corrected chi connectivity index (χ4v) is 4.11. The highest BCUT2D eigenvalue weighted by Crippen LogP contribution is 2.28. The third-order valence-electron chi connectivity index (χ3n) is 4.28. The molecule has 8 heteroatoms. The predicted molar refractivity (Wildman–Crippen MR) is 99.7 cm³/mol. The van der Waals surface area contributed by atoms with Crippen molar-refractivity contribution in [3.05, 3.63) is 26.6 Å². The van der Waals surface area contributed by atoms with Gasteiger partial charge in [0.15, 0.2) is 0 Å². The maximum absolute atomic E-state index is 12.8. The number of rotatable bonds is 4. The molecule has 0 atom stereocenters. The standard InChI is InChI=1S/C16H22N4O2S.ClH/c1-10-12-15(23-13(10)14(21)18-8-7-17-2)19-11-6-4-3-5-9-20(11)16(12)22;/h17H,3-9H2,1-2H3,(H,18,21);1H. The second-order valence-corrected chi connectivity index (χ2v) is 6.89. The van der Waals surface area contributed by atoms with Crippen LogP contribution in [0.15, 0.2) is 4.79 Å². The van der Waals surface area contributed by atoms with Gasteiger partial charge in [0.1, 0.15) is 10.7 Å². The minimum atomic E-state index is -0.125. The molecule has 2 aromatic heterocycles. The van der Waals surface area contributed by atoms with Crippen LogP contribution in [0.25, 0.3) is 10.2 Å². The number of likely N-dealkylation sites (N-methyl/N-ethyl adjacent to an activating group) is 1. The van der Waals surface area contributed by atoms with Gasteiger partial charge in [0.2, 0.25) is 0 Å². The quantitative estimate of drug-likeness (QED) is 0.805. The molecule has 2 N–H and O–H groups in total. The number of amides is 1. The predicted octanol–water partition coefficient (Wildman–Crippen LogP) is 1.86. The van der Waals surface area contributed by atoms with Crippen molar-refractivity contribution in [2.24, 2.45) is 0 Å². The number of hydrogen-bond donors (Lipinski definition) is 2. The normalized spacial score (nSPS) is 13.9. The van der Waals surface area contributed by atoms with Crippen LogP contribution in [-0.4, -0.2) is 35.6 Å². The van der Waals surface area contributed by atoms with Crippen molar-refractivity contribution < 1.29 is 4.79 Å². The topological polar surface area (TPSA) is 76.0 Å². The summed E-state index contributed by atoms with van der Waals surface area (Å²) in [6.45, 7) is 3.85. The van der Waals surface area contributed by atoms with Crippen molar-refractivity contribution >= 4 is 39.9 Å². The third kappa shape index (κ3) is 3.48. The molecule has 0 spiro atoms. The van der Waals surface area contributed by atoms with E-state index in [4.69, 9.17) is 0 Å². The molecule has 1 amide bonds. The maximum Gasteiger partial charge on any atom is 0.262 e. The highest BCUT2D eigenvalue weighted by atomic mass is 35.5. The van der Waals surface area contributed by atoms with Gasteiger partial charge in [0.05, 0.1) is 10.3 Å². The first-order valence-electron chi connectivity index (χ1n) is 8.09. The lowest BCUT2D eigenvalue weighted by atomic mass is 10.2. The summed E-state index contributed by atoms with van der Waals surface area (Å²) in [7, 11) is 1.84. The van der Waals surface area contributed by atoms with Crippen molar-refractivity contribution in [2.45, 2.75) is 39.2 Å². The van der Waals surface area contributed by atoms with Crippen LogP contribution >= 0.6 is 23.7 Å². The summed E-state index contributed by atoms with van der Waals surface area (Å²) in [4.78, 5) is 31.1. The maximum atomic E-state index is 12.8. The van der Waals surface area contributed by atoms with Crippen molar-refractivity contribution in [1.29, 1.82) is 0 Å². The van der Waals surface area contributed by atoms with Crippen LogP contribution in [0.4, 0.5) is 0 Å². The Morgan fingerprint density at radius 2 is 2.08 bits per heavy atom. The van der Waals surface area contributed by atoms with Gasteiger partial charge in [-0.05, 0) is 32.4 Å². The Morgan fingerprint density at radius 3 is 2.83 bits per heavy atom. The Kier molecular flexibility index (Phi) is 6.37. The molecule has 0 aromatic carbocycles. The number of carbonyl (C=O) groups excluding carboxylic acids is 1. The van der Waals surface area contributed by atoms with Crippen LogP contribution in [0.3, 0.4) is 0 Å². The second-order valence-electron chi connectivity index (χ2n) is 5.89. The van der Waals surface area contributed by atoms with Crippen LogP contribution < -0.4 is 16.2 Å². The largest absolute Gasteiger partial charge is 0.350 e. The van der Waals surface area contributed by atoms with Gasteiger partial charge in [-0.1, -0.05) is 6.42 Å². The summed E-state index contributed by atoms with van der Waals surface area (Å²) in [6, 6.07) is 0. The molecular formula is C16H23ClN4O2S. The third-order valence-corrected chi connectivity index (χ3v) is 5.46. The van der Waals surface area contributed by atoms with Crippen molar-refractivity contribution in [2.75, 3.05) is 20.1 Å². The fraction of sp³-hybridized carbons (Fsp3) is 0.562. The molecule has 24 heavy (non-hydrogen) atoms. The van der Waals surface area contributed by atoms with Gasteiger partial charge in [0.25, 0.3) is 11.5 Å². The summed E-state index contributed by atoms with van der Waals surface area (Å²) in [5.41, 5.74) is 0.763. The molecule has 0 fully saturated rings. The number of fused-ring (bicyclic) bond motifs is 2. The molecule has 0 saturated heterocycles. The molecule has 132 valence electrons. The fourth-order valence-electron chi connectivity index (χ4n) is 3.01. The van der Waals surface area contributed by atoms with E-state index in [2.05, 4.69) is 15.6 Å². The van der Waals surface area contributed by atoms with Crippen LogP contribution in [0.5, 0.6) is 0 Å². The number of nitrogens with one attached hydrogen (secondary N) is 2. The number of hydrogen-bond acceptors (Lipinski definition) is 5. The van der Waals surface area contributed by atoms with Gasteiger partial charge < -0.3 is 10.6 Å². The first-order chi connectivity index (χ1) is 11.1. The summed E-state index contributed by atoms with van der Waals surface area (Å²) < 4.78 is 1.80. The van der Waals surface area contributed by atoms with E-state index in [0.29, 0.717) is 28.2 Å². The molecule has 3 heterocycles. The van der Waals surface area contributed by atoms with E-state index in [1.807, 2.05) is 14.0 Å². The Hall–Kier alpha value is -1.44. The Balaban J connectivity index is 0.00000208. The SMILES string of the molecule is CNCCNC(=O)c1sc2nc3n(c(=O)c2c1C)CCCCC3.Cl. The zero-order chi connectivity index (χ0) is 16.4. The van der Waals surface area contributed by atoms with Crippen LogP contribution in [-0.2, 0) is 13.0 Å². The van der Waals surface area contributed by atoms with E-state index < -0.39 is 0 Å². The van der Waals surface area contributed by atoms with Gasteiger partial charge in [-0.2, -0.15) is 0 Å². The molecule has 0 radical (unpaired) electrons. The first kappa shape index (κ1) is 18.9. The summed E-state index contributed by atoms with van der Waals surface area (Å²) in [5, 5.41) is 6.47. The van der Waals surface area contributed by atoms with E-state index in [-0.39, 0.29) is 23.9 Å². The number of carbonyl (C=O) groups is 1. The highest BCUT2D eigenvalue weighted by Gasteiger charge is 2.21. The zero-order valence-electron chi connectivity index (χ0n) is 14.0. The second kappa shape index (κ2) is 8.09. The Labute approximate surface area is 151 Å². The Morgan fingerprint density at radius 1 is 1.29 bits per heavy atom. The summed E-state index contributed by atoms with van der Waals surface area (Å²) in [6.07, 6.45) is 4.06. The van der Waals surface area contributed by atoms with Gasteiger partial charge in [-0.25, -0.2) is 4.98 Å². The zero-order valence-corrected chi connectivity index (χ0v) is 15.6. The van der Waals surface area contributed by atoms with Crippen LogP contribution in [0.1, 0.15) is 40.3 Å². The molecule has 1 aliphatic heterocycles. The Bertz CT molecular complexity index is 799. The lowest BCUT2D eigenvalue weighted by molar-refractivity contribution is 0.0957. The van der Waals surface area contributed by atoms with E-state index in [9.17, 15) is 9.59 Å². The van der Waals surface area contributed by atoms with Crippen molar-refractivity contribution in [3.8, 4) is 0 Å². The van der Waals surface area contributed by atoms with Crippen molar-refractivity contribution in [3.63, 3.8) is 0 Å². The summed E-state index contributed by atoms with van der Waals surface area (Å²) in [5.74, 6) is 0.740. The smallest absolute Gasteiger partial charge is 0.262 e. The minimum Gasteiger partial charge on any atom is -0.350 e. The average molecular weight is 371 g/mol.